The number of fused-ring (bicyclic) bond motifs is 1. The van der Waals surface area contributed by atoms with Crippen molar-refractivity contribution in [2.24, 2.45) is 17.7 Å². The van der Waals surface area contributed by atoms with E-state index in [1.807, 2.05) is 4.90 Å². The molecule has 1 saturated heterocycles. The quantitative estimate of drug-likeness (QED) is 0.608. The number of pyridine rings is 1. The second-order valence-electron chi connectivity index (χ2n) is 5.24. The van der Waals surface area contributed by atoms with E-state index < -0.39 is 0 Å². The topological polar surface area (TPSA) is 71.2 Å². The molecule has 5 heteroatoms. The van der Waals surface area contributed by atoms with Crippen molar-refractivity contribution in [1.29, 1.82) is 0 Å². The van der Waals surface area contributed by atoms with E-state index in [4.69, 9.17) is 5.84 Å². The summed E-state index contributed by atoms with van der Waals surface area (Å²) in [6, 6.07) is 3.50. The minimum Gasteiger partial charge on any atom is -0.337 e. The summed E-state index contributed by atoms with van der Waals surface area (Å²) in [6.07, 6.45) is 5.46. The third-order valence-corrected chi connectivity index (χ3v) is 4.16. The molecule has 1 amide bonds. The smallest absolute Gasteiger partial charge is 0.272 e. The van der Waals surface area contributed by atoms with Crippen LogP contribution in [0.2, 0.25) is 0 Å². The van der Waals surface area contributed by atoms with Crippen molar-refractivity contribution in [2.75, 3.05) is 18.5 Å². The van der Waals surface area contributed by atoms with E-state index in [1.54, 1.807) is 18.3 Å². The summed E-state index contributed by atoms with van der Waals surface area (Å²) in [5.41, 5.74) is 3.73. The van der Waals surface area contributed by atoms with Gasteiger partial charge in [-0.2, -0.15) is 0 Å². The number of amides is 1. The zero-order valence-corrected chi connectivity index (χ0v) is 10.3. The van der Waals surface area contributed by atoms with Crippen LogP contribution in [-0.2, 0) is 0 Å². The maximum atomic E-state index is 12.3. The summed E-state index contributed by atoms with van der Waals surface area (Å²) in [4.78, 5) is 18.4. The average molecular weight is 246 g/mol. The van der Waals surface area contributed by atoms with Gasteiger partial charge in [0, 0.05) is 13.1 Å². The Balaban J connectivity index is 1.70. The first kappa shape index (κ1) is 11.5. The summed E-state index contributed by atoms with van der Waals surface area (Å²) in [6.45, 7) is 1.81. The van der Waals surface area contributed by atoms with Crippen molar-refractivity contribution in [2.45, 2.75) is 19.3 Å². The Hall–Kier alpha value is -1.62. The van der Waals surface area contributed by atoms with E-state index >= 15 is 0 Å². The average Bonchev–Trinajstić information content (AvgIpc) is 2.99. The van der Waals surface area contributed by atoms with Crippen LogP contribution in [0, 0.1) is 11.8 Å². The molecule has 1 aromatic rings. The molecule has 0 radical (unpaired) electrons. The number of hydrogen-bond acceptors (Lipinski definition) is 4. The predicted octanol–water partition coefficient (Wildman–Crippen LogP) is 1.24. The molecule has 96 valence electrons. The van der Waals surface area contributed by atoms with E-state index in [-0.39, 0.29) is 5.91 Å². The Morgan fingerprint density at radius 1 is 1.33 bits per heavy atom. The first-order valence-electron chi connectivity index (χ1n) is 6.50. The first-order valence-corrected chi connectivity index (χ1v) is 6.50. The SMILES string of the molecule is NNc1ccc(C(=O)N2CC3CCCC3C2)nc1. The molecule has 1 aliphatic carbocycles. The van der Waals surface area contributed by atoms with Gasteiger partial charge >= 0.3 is 0 Å². The van der Waals surface area contributed by atoms with Gasteiger partial charge in [-0.1, -0.05) is 6.42 Å². The van der Waals surface area contributed by atoms with E-state index in [0.29, 0.717) is 11.4 Å². The number of aromatic nitrogens is 1. The van der Waals surface area contributed by atoms with Gasteiger partial charge < -0.3 is 10.3 Å². The lowest BCUT2D eigenvalue weighted by atomic mass is 10.0. The second kappa shape index (κ2) is 4.57. The highest BCUT2D eigenvalue weighted by Crippen LogP contribution is 2.38. The number of nitrogens with two attached hydrogens (primary N) is 1. The molecule has 5 nitrogen and oxygen atoms in total. The molecule has 1 aromatic heterocycles. The van der Waals surface area contributed by atoms with Crippen LogP contribution in [0.4, 0.5) is 5.69 Å². The predicted molar refractivity (Wildman–Crippen MR) is 68.8 cm³/mol. The van der Waals surface area contributed by atoms with E-state index in [9.17, 15) is 4.79 Å². The molecule has 2 heterocycles. The van der Waals surface area contributed by atoms with Crippen LogP contribution in [0.25, 0.3) is 0 Å². The fourth-order valence-electron chi connectivity index (χ4n) is 3.17. The summed E-state index contributed by atoms with van der Waals surface area (Å²) in [7, 11) is 0. The van der Waals surface area contributed by atoms with Crippen molar-refractivity contribution < 1.29 is 4.79 Å². The number of nitrogens with one attached hydrogen (secondary N) is 1. The lowest BCUT2D eigenvalue weighted by molar-refractivity contribution is 0.0775. The Morgan fingerprint density at radius 2 is 2.06 bits per heavy atom. The van der Waals surface area contributed by atoms with E-state index in [2.05, 4.69) is 10.4 Å². The lowest BCUT2D eigenvalue weighted by Gasteiger charge is -2.16. The number of hydrazine groups is 1. The maximum absolute atomic E-state index is 12.3. The normalized spacial score (nSPS) is 26.2. The van der Waals surface area contributed by atoms with Gasteiger partial charge in [0.05, 0.1) is 11.9 Å². The van der Waals surface area contributed by atoms with Crippen molar-refractivity contribution in [3.8, 4) is 0 Å². The molecule has 3 N–H and O–H groups in total. The number of nitrogens with zero attached hydrogens (tertiary/aromatic N) is 2. The fraction of sp³-hybridized carbons (Fsp3) is 0.538. The molecular formula is C13H18N4O. The molecule has 2 atom stereocenters. The third-order valence-electron chi connectivity index (χ3n) is 4.16. The standard InChI is InChI=1S/C13H18N4O/c14-16-11-4-5-12(15-6-11)13(18)17-7-9-2-1-3-10(9)8-17/h4-6,9-10,16H,1-3,7-8,14H2. The fourth-order valence-corrected chi connectivity index (χ4v) is 3.17. The summed E-state index contributed by atoms with van der Waals surface area (Å²) >= 11 is 0. The van der Waals surface area contributed by atoms with Crippen LogP contribution in [0.5, 0.6) is 0 Å². The van der Waals surface area contributed by atoms with E-state index in [0.717, 1.165) is 24.9 Å². The highest BCUT2D eigenvalue weighted by atomic mass is 16.2. The second-order valence-corrected chi connectivity index (χ2v) is 5.24. The van der Waals surface area contributed by atoms with Gasteiger partial charge in [0.2, 0.25) is 0 Å². The molecule has 2 unspecified atom stereocenters. The van der Waals surface area contributed by atoms with Gasteiger partial charge in [0.1, 0.15) is 5.69 Å². The number of likely N-dealkylation sites (tertiary alicyclic amines) is 1. The summed E-state index contributed by atoms with van der Waals surface area (Å²) in [5.74, 6) is 6.77. The van der Waals surface area contributed by atoms with Gasteiger partial charge in [-0.15, -0.1) is 0 Å². The Bertz CT molecular complexity index is 433. The van der Waals surface area contributed by atoms with Crippen LogP contribution >= 0.6 is 0 Å². The molecule has 1 saturated carbocycles. The minimum absolute atomic E-state index is 0.0490. The van der Waals surface area contributed by atoms with Crippen LogP contribution < -0.4 is 11.3 Å². The Morgan fingerprint density at radius 3 is 2.61 bits per heavy atom. The summed E-state index contributed by atoms with van der Waals surface area (Å²) in [5, 5.41) is 0. The van der Waals surface area contributed by atoms with Crippen molar-refractivity contribution in [3.05, 3.63) is 24.0 Å². The van der Waals surface area contributed by atoms with Crippen LogP contribution in [-0.4, -0.2) is 28.9 Å². The largest absolute Gasteiger partial charge is 0.337 e. The number of nitrogen functional groups attached to an aromatic ring is 1. The van der Waals surface area contributed by atoms with E-state index in [1.165, 1.54) is 19.3 Å². The highest BCUT2D eigenvalue weighted by Gasteiger charge is 2.38. The van der Waals surface area contributed by atoms with Crippen molar-refractivity contribution in [3.63, 3.8) is 0 Å². The van der Waals surface area contributed by atoms with Gasteiger partial charge in [0.15, 0.2) is 0 Å². The lowest BCUT2D eigenvalue weighted by Crippen LogP contribution is -2.30. The van der Waals surface area contributed by atoms with Crippen molar-refractivity contribution in [1.82, 2.24) is 9.88 Å². The number of anilines is 1. The van der Waals surface area contributed by atoms with Gasteiger partial charge in [0.25, 0.3) is 5.91 Å². The zero-order chi connectivity index (χ0) is 12.5. The summed E-state index contributed by atoms with van der Waals surface area (Å²) < 4.78 is 0. The number of carbonyl (C=O) groups is 1. The van der Waals surface area contributed by atoms with Crippen LogP contribution in [0.15, 0.2) is 18.3 Å². The van der Waals surface area contributed by atoms with Crippen LogP contribution in [0.1, 0.15) is 29.8 Å². The Kier molecular flexibility index (Phi) is 2.91. The molecule has 0 spiro atoms. The molecule has 0 aromatic carbocycles. The van der Waals surface area contributed by atoms with Crippen LogP contribution in [0.3, 0.4) is 0 Å². The molecule has 1 aliphatic heterocycles. The number of hydrogen-bond donors (Lipinski definition) is 2. The monoisotopic (exact) mass is 246 g/mol. The molecule has 2 fully saturated rings. The molecule has 18 heavy (non-hydrogen) atoms. The molecule has 2 aliphatic rings. The molecular weight excluding hydrogens is 228 g/mol. The number of carbonyl (C=O) groups excluding carboxylic acids is 1. The number of rotatable bonds is 2. The zero-order valence-electron chi connectivity index (χ0n) is 10.3. The van der Waals surface area contributed by atoms with Gasteiger partial charge in [-0.05, 0) is 36.8 Å². The third kappa shape index (κ3) is 1.95. The molecule has 3 rings (SSSR count). The Labute approximate surface area is 106 Å². The molecule has 0 bridgehead atoms. The minimum atomic E-state index is 0.0490. The van der Waals surface area contributed by atoms with Crippen molar-refractivity contribution >= 4 is 11.6 Å². The first-order chi connectivity index (χ1) is 8.78. The highest BCUT2D eigenvalue weighted by molar-refractivity contribution is 5.92. The van der Waals surface area contributed by atoms with Gasteiger partial charge in [-0.3, -0.25) is 10.6 Å². The van der Waals surface area contributed by atoms with Gasteiger partial charge in [-0.25, -0.2) is 4.98 Å². The maximum Gasteiger partial charge on any atom is 0.272 e.